The first kappa shape index (κ1) is 13.7. The summed E-state index contributed by atoms with van der Waals surface area (Å²) in [6.07, 6.45) is 2.98. The van der Waals surface area contributed by atoms with Crippen LogP contribution in [0.2, 0.25) is 0 Å². The third kappa shape index (κ3) is 2.59. The van der Waals surface area contributed by atoms with Crippen molar-refractivity contribution in [3.05, 3.63) is 11.6 Å². The van der Waals surface area contributed by atoms with Gasteiger partial charge in [0.05, 0.1) is 12.7 Å². The van der Waals surface area contributed by atoms with E-state index < -0.39 is 11.4 Å². The maximum absolute atomic E-state index is 11.8. The first-order chi connectivity index (χ1) is 7.12. The molecule has 0 aromatic heterocycles. The van der Waals surface area contributed by atoms with Crippen LogP contribution >= 0.6 is 0 Å². The predicted molar refractivity (Wildman–Crippen MR) is 59.0 cm³/mol. The SMILES string of the molecule is C/C=C(\CC)[C@](C#N)(CC)C(=O)OCC. The van der Waals surface area contributed by atoms with Gasteiger partial charge in [-0.15, -0.1) is 0 Å². The Hall–Kier alpha value is -1.30. The average molecular weight is 209 g/mol. The number of carbonyl (C=O) groups is 1. The van der Waals surface area contributed by atoms with Crippen molar-refractivity contribution >= 4 is 5.97 Å². The van der Waals surface area contributed by atoms with E-state index in [9.17, 15) is 10.1 Å². The molecule has 15 heavy (non-hydrogen) atoms. The monoisotopic (exact) mass is 209 g/mol. The van der Waals surface area contributed by atoms with Gasteiger partial charge in [0.25, 0.3) is 0 Å². The number of hydrogen-bond acceptors (Lipinski definition) is 3. The second-order valence-corrected chi connectivity index (χ2v) is 3.26. The Bertz CT molecular complexity index is 288. The summed E-state index contributed by atoms with van der Waals surface area (Å²) < 4.78 is 4.97. The second kappa shape index (κ2) is 6.23. The van der Waals surface area contributed by atoms with E-state index in [0.717, 1.165) is 5.57 Å². The van der Waals surface area contributed by atoms with Crippen molar-refractivity contribution < 1.29 is 9.53 Å². The van der Waals surface area contributed by atoms with Crippen molar-refractivity contribution in [3.63, 3.8) is 0 Å². The van der Waals surface area contributed by atoms with Gasteiger partial charge in [-0.05, 0) is 32.3 Å². The van der Waals surface area contributed by atoms with Crippen molar-refractivity contribution in [3.8, 4) is 6.07 Å². The molecule has 84 valence electrons. The number of hydrogen-bond donors (Lipinski definition) is 0. The van der Waals surface area contributed by atoms with Gasteiger partial charge in [0.15, 0.2) is 5.41 Å². The summed E-state index contributed by atoms with van der Waals surface area (Å²) in [5, 5.41) is 9.21. The van der Waals surface area contributed by atoms with Crippen molar-refractivity contribution in [2.24, 2.45) is 5.41 Å². The highest BCUT2D eigenvalue weighted by molar-refractivity contribution is 5.83. The standard InChI is InChI=1S/C12H19NO2/c1-5-10(6-2)12(7-3,9-13)11(14)15-8-4/h5H,6-8H2,1-4H3/b10-5+/t12-/m1/s1. The van der Waals surface area contributed by atoms with E-state index in [1.165, 1.54) is 0 Å². The van der Waals surface area contributed by atoms with Crippen LogP contribution in [0.4, 0.5) is 0 Å². The fourth-order valence-electron chi connectivity index (χ4n) is 1.71. The van der Waals surface area contributed by atoms with Gasteiger partial charge in [-0.2, -0.15) is 5.26 Å². The predicted octanol–water partition coefficient (Wildman–Crippen LogP) is 2.83. The molecule has 0 rings (SSSR count). The molecule has 0 saturated carbocycles. The molecule has 0 saturated heterocycles. The molecule has 0 amide bonds. The molecule has 0 N–H and O–H groups in total. The smallest absolute Gasteiger partial charge is 0.330 e. The van der Waals surface area contributed by atoms with Gasteiger partial charge in [-0.25, -0.2) is 4.79 Å². The first-order valence-electron chi connectivity index (χ1n) is 5.36. The van der Waals surface area contributed by atoms with Crippen LogP contribution < -0.4 is 0 Å². The molecule has 0 fully saturated rings. The lowest BCUT2D eigenvalue weighted by molar-refractivity contribution is -0.150. The summed E-state index contributed by atoms with van der Waals surface area (Å²) in [5.41, 5.74) is -0.245. The largest absolute Gasteiger partial charge is 0.465 e. The van der Waals surface area contributed by atoms with Gasteiger partial charge in [0.1, 0.15) is 0 Å². The fraction of sp³-hybridized carbons (Fsp3) is 0.667. The minimum absolute atomic E-state index is 0.309. The summed E-state index contributed by atoms with van der Waals surface area (Å²) in [5.74, 6) is -0.426. The third-order valence-corrected chi connectivity index (χ3v) is 2.62. The van der Waals surface area contributed by atoms with Crippen molar-refractivity contribution in [1.82, 2.24) is 0 Å². The van der Waals surface area contributed by atoms with Crippen LogP contribution in [0.1, 0.15) is 40.5 Å². The van der Waals surface area contributed by atoms with Crippen molar-refractivity contribution in [2.75, 3.05) is 6.61 Å². The molecule has 0 radical (unpaired) electrons. The highest BCUT2D eigenvalue weighted by Gasteiger charge is 2.41. The van der Waals surface area contributed by atoms with Gasteiger partial charge in [0.2, 0.25) is 0 Å². The van der Waals surface area contributed by atoms with Crippen LogP contribution in [0.15, 0.2) is 11.6 Å². The van der Waals surface area contributed by atoms with Crippen LogP contribution in [-0.2, 0) is 9.53 Å². The van der Waals surface area contributed by atoms with Gasteiger partial charge in [-0.1, -0.05) is 19.9 Å². The molecule has 0 bridgehead atoms. The Morgan fingerprint density at radius 1 is 1.47 bits per heavy atom. The third-order valence-electron chi connectivity index (χ3n) is 2.62. The molecule has 1 atom stereocenters. The molecule has 0 aliphatic heterocycles. The molecule has 3 heteroatoms. The fourth-order valence-corrected chi connectivity index (χ4v) is 1.71. The van der Waals surface area contributed by atoms with Crippen LogP contribution in [0.3, 0.4) is 0 Å². The zero-order valence-electron chi connectivity index (χ0n) is 9.96. The van der Waals surface area contributed by atoms with E-state index in [0.29, 0.717) is 19.4 Å². The summed E-state index contributed by atoms with van der Waals surface area (Å²) in [4.78, 5) is 11.8. The maximum Gasteiger partial charge on any atom is 0.330 e. The molecule has 0 heterocycles. The van der Waals surface area contributed by atoms with Gasteiger partial charge in [0, 0.05) is 0 Å². The van der Waals surface area contributed by atoms with Crippen molar-refractivity contribution in [1.29, 1.82) is 5.26 Å². The van der Waals surface area contributed by atoms with Gasteiger partial charge >= 0.3 is 5.97 Å². The molecule has 0 aromatic carbocycles. The average Bonchev–Trinajstić information content (AvgIpc) is 2.26. The van der Waals surface area contributed by atoms with Crippen molar-refractivity contribution in [2.45, 2.75) is 40.5 Å². The topological polar surface area (TPSA) is 50.1 Å². The van der Waals surface area contributed by atoms with E-state index in [4.69, 9.17) is 4.74 Å². The molecule has 3 nitrogen and oxygen atoms in total. The van der Waals surface area contributed by atoms with Crippen LogP contribution in [0.5, 0.6) is 0 Å². The Morgan fingerprint density at radius 2 is 2.07 bits per heavy atom. The summed E-state index contributed by atoms with van der Waals surface area (Å²) in [6.45, 7) is 7.68. The molecule has 0 aromatic rings. The number of nitrogens with zero attached hydrogens (tertiary/aromatic N) is 1. The Balaban J connectivity index is 5.24. The Labute approximate surface area is 91.7 Å². The molecule has 0 spiro atoms. The van der Waals surface area contributed by atoms with Gasteiger partial charge in [-0.3, -0.25) is 0 Å². The normalized spacial score (nSPS) is 15.3. The molecular weight excluding hydrogens is 190 g/mol. The van der Waals surface area contributed by atoms with Crippen LogP contribution in [0.25, 0.3) is 0 Å². The number of rotatable bonds is 5. The number of carbonyl (C=O) groups excluding carboxylic acids is 1. The van der Waals surface area contributed by atoms with E-state index in [2.05, 4.69) is 6.07 Å². The highest BCUT2D eigenvalue weighted by Crippen LogP contribution is 2.34. The molecular formula is C12H19NO2. The van der Waals surface area contributed by atoms with Gasteiger partial charge < -0.3 is 4.74 Å². The maximum atomic E-state index is 11.8. The summed E-state index contributed by atoms with van der Waals surface area (Å²) in [7, 11) is 0. The lowest BCUT2D eigenvalue weighted by Gasteiger charge is -2.25. The van der Waals surface area contributed by atoms with E-state index in [1.807, 2.05) is 26.8 Å². The lowest BCUT2D eigenvalue weighted by Crippen LogP contribution is -2.33. The van der Waals surface area contributed by atoms with Crippen LogP contribution in [-0.4, -0.2) is 12.6 Å². The quantitative estimate of drug-likeness (QED) is 0.516. The Kier molecular flexibility index (Phi) is 5.69. The number of esters is 1. The molecule has 0 aliphatic rings. The minimum Gasteiger partial charge on any atom is -0.465 e. The Morgan fingerprint density at radius 3 is 2.33 bits per heavy atom. The molecule has 0 unspecified atom stereocenters. The number of nitriles is 1. The zero-order valence-corrected chi connectivity index (χ0v) is 9.96. The van der Waals surface area contributed by atoms with E-state index >= 15 is 0 Å². The van der Waals surface area contributed by atoms with Crippen LogP contribution in [0, 0.1) is 16.7 Å². The number of allylic oxidation sites excluding steroid dienone is 1. The summed E-state index contributed by atoms with van der Waals surface area (Å²) in [6, 6.07) is 2.11. The molecule has 0 aliphatic carbocycles. The second-order valence-electron chi connectivity index (χ2n) is 3.26. The lowest BCUT2D eigenvalue weighted by atomic mass is 9.77. The zero-order chi connectivity index (χ0) is 11.9. The van der Waals surface area contributed by atoms with E-state index in [1.54, 1.807) is 6.92 Å². The number of ether oxygens (including phenoxy) is 1. The summed E-state index contributed by atoms with van der Waals surface area (Å²) >= 11 is 0. The van der Waals surface area contributed by atoms with E-state index in [-0.39, 0.29) is 0 Å². The highest BCUT2D eigenvalue weighted by atomic mass is 16.5. The first-order valence-corrected chi connectivity index (χ1v) is 5.36. The minimum atomic E-state index is -1.08.